The Kier molecular flexibility index (Phi) is 8.44. The molecule has 0 radical (unpaired) electrons. The van der Waals surface area contributed by atoms with Gasteiger partial charge in [-0.3, -0.25) is 9.59 Å². The number of hydrogen-bond donors (Lipinski definition) is 1. The molecule has 172 valence electrons. The number of likely N-dealkylation sites (tertiary alicyclic amines) is 1. The van der Waals surface area contributed by atoms with Gasteiger partial charge in [-0.1, -0.05) is 12.1 Å². The van der Waals surface area contributed by atoms with Crippen LogP contribution in [0.25, 0.3) is 0 Å². The molecule has 2 aromatic carbocycles. The van der Waals surface area contributed by atoms with E-state index in [1.54, 1.807) is 49.5 Å². The molecule has 3 rings (SSSR count). The van der Waals surface area contributed by atoms with Crippen LogP contribution in [0.2, 0.25) is 0 Å². The lowest BCUT2D eigenvalue weighted by molar-refractivity contribution is -0.133. The molecule has 32 heavy (non-hydrogen) atoms. The number of carbonyl (C=O) groups is 2. The highest BCUT2D eigenvalue weighted by Gasteiger charge is 2.28. The standard InChI is InChI=1S/C24H29FN2O5/c1-30-12-13-32-22-15-20(9-10-21(22)31-2)26-24(29)18-4-3-11-27(16-18)23(28)14-17-5-7-19(25)8-6-17/h5-10,15,18H,3-4,11-14,16H2,1-2H3,(H,26,29). The Labute approximate surface area is 187 Å². The van der Waals surface area contributed by atoms with Crippen LogP contribution in [0, 0.1) is 11.7 Å². The predicted molar refractivity (Wildman–Crippen MR) is 118 cm³/mol. The summed E-state index contributed by atoms with van der Waals surface area (Å²) in [6.45, 7) is 1.77. The van der Waals surface area contributed by atoms with E-state index in [2.05, 4.69) is 5.32 Å². The summed E-state index contributed by atoms with van der Waals surface area (Å²) < 4.78 is 29.1. The summed E-state index contributed by atoms with van der Waals surface area (Å²) in [6.07, 6.45) is 1.65. The Morgan fingerprint density at radius 3 is 2.59 bits per heavy atom. The summed E-state index contributed by atoms with van der Waals surface area (Å²) in [5, 5.41) is 2.92. The van der Waals surface area contributed by atoms with Crippen molar-refractivity contribution in [3.05, 3.63) is 53.8 Å². The first-order valence-electron chi connectivity index (χ1n) is 10.6. The number of nitrogens with zero attached hydrogens (tertiary/aromatic N) is 1. The first-order chi connectivity index (χ1) is 15.5. The minimum absolute atomic E-state index is 0.0626. The molecule has 2 aromatic rings. The fourth-order valence-electron chi connectivity index (χ4n) is 3.65. The molecule has 0 aromatic heterocycles. The molecule has 1 unspecified atom stereocenters. The van der Waals surface area contributed by atoms with Crippen molar-refractivity contribution < 1.29 is 28.2 Å². The molecule has 2 amide bonds. The van der Waals surface area contributed by atoms with Gasteiger partial charge in [0.05, 0.1) is 26.1 Å². The van der Waals surface area contributed by atoms with Crippen molar-refractivity contribution in [2.45, 2.75) is 19.3 Å². The number of carbonyl (C=O) groups excluding carboxylic acids is 2. The number of amides is 2. The van der Waals surface area contributed by atoms with Crippen LogP contribution in [0.1, 0.15) is 18.4 Å². The van der Waals surface area contributed by atoms with Gasteiger partial charge < -0.3 is 24.4 Å². The maximum absolute atomic E-state index is 13.1. The number of nitrogens with one attached hydrogen (secondary N) is 1. The number of halogens is 1. The van der Waals surface area contributed by atoms with Crippen LogP contribution in [0.5, 0.6) is 11.5 Å². The minimum Gasteiger partial charge on any atom is -0.493 e. The lowest BCUT2D eigenvalue weighted by Crippen LogP contribution is -2.44. The highest BCUT2D eigenvalue weighted by atomic mass is 19.1. The predicted octanol–water partition coefficient (Wildman–Crippen LogP) is 3.28. The van der Waals surface area contributed by atoms with E-state index in [0.717, 1.165) is 12.0 Å². The Balaban J connectivity index is 1.59. The zero-order chi connectivity index (χ0) is 22.9. The molecule has 0 spiro atoms. The molecule has 7 nitrogen and oxygen atoms in total. The van der Waals surface area contributed by atoms with Crippen LogP contribution in [0.3, 0.4) is 0 Å². The quantitative estimate of drug-likeness (QED) is 0.601. The van der Waals surface area contributed by atoms with Crippen LogP contribution < -0.4 is 14.8 Å². The minimum atomic E-state index is -0.332. The highest BCUT2D eigenvalue weighted by Crippen LogP contribution is 2.31. The Morgan fingerprint density at radius 2 is 1.88 bits per heavy atom. The lowest BCUT2D eigenvalue weighted by atomic mass is 9.96. The summed E-state index contributed by atoms with van der Waals surface area (Å²) in [5.74, 6) is 0.240. The van der Waals surface area contributed by atoms with Gasteiger partial charge >= 0.3 is 0 Å². The zero-order valence-corrected chi connectivity index (χ0v) is 18.4. The lowest BCUT2D eigenvalue weighted by Gasteiger charge is -2.32. The van der Waals surface area contributed by atoms with Gasteiger partial charge in [0.2, 0.25) is 11.8 Å². The van der Waals surface area contributed by atoms with E-state index in [-0.39, 0.29) is 30.0 Å². The molecule has 1 aliphatic rings. The van der Waals surface area contributed by atoms with Crippen molar-refractivity contribution in [2.24, 2.45) is 5.92 Å². The summed E-state index contributed by atoms with van der Waals surface area (Å²) in [4.78, 5) is 27.3. The van der Waals surface area contributed by atoms with E-state index >= 15 is 0 Å². The Morgan fingerprint density at radius 1 is 1.09 bits per heavy atom. The first-order valence-corrected chi connectivity index (χ1v) is 10.6. The van der Waals surface area contributed by atoms with Crippen molar-refractivity contribution in [1.82, 2.24) is 4.90 Å². The molecule has 1 aliphatic heterocycles. The maximum atomic E-state index is 13.1. The van der Waals surface area contributed by atoms with Crippen LogP contribution in [-0.4, -0.2) is 57.2 Å². The van der Waals surface area contributed by atoms with Gasteiger partial charge in [0.15, 0.2) is 11.5 Å². The van der Waals surface area contributed by atoms with Gasteiger partial charge in [0, 0.05) is 32.0 Å². The number of methoxy groups -OCH3 is 2. The number of ether oxygens (including phenoxy) is 3. The topological polar surface area (TPSA) is 77.1 Å². The second-order valence-corrected chi connectivity index (χ2v) is 7.68. The van der Waals surface area contributed by atoms with Gasteiger partial charge in [-0.15, -0.1) is 0 Å². The van der Waals surface area contributed by atoms with Crippen LogP contribution in [-0.2, 0) is 20.7 Å². The Bertz CT molecular complexity index is 919. The highest BCUT2D eigenvalue weighted by molar-refractivity contribution is 5.93. The van der Waals surface area contributed by atoms with E-state index in [9.17, 15) is 14.0 Å². The van der Waals surface area contributed by atoms with Gasteiger partial charge in [0.1, 0.15) is 12.4 Å². The number of rotatable bonds is 9. The number of anilines is 1. The van der Waals surface area contributed by atoms with Crippen LogP contribution in [0.15, 0.2) is 42.5 Å². The first kappa shape index (κ1) is 23.5. The molecular formula is C24H29FN2O5. The molecular weight excluding hydrogens is 415 g/mol. The van der Waals surface area contributed by atoms with E-state index in [1.807, 2.05) is 0 Å². The molecule has 0 saturated carbocycles. The second-order valence-electron chi connectivity index (χ2n) is 7.68. The van der Waals surface area contributed by atoms with Crippen molar-refractivity contribution in [3.8, 4) is 11.5 Å². The van der Waals surface area contributed by atoms with E-state index < -0.39 is 0 Å². The van der Waals surface area contributed by atoms with Crippen molar-refractivity contribution in [1.29, 1.82) is 0 Å². The largest absolute Gasteiger partial charge is 0.493 e. The molecule has 8 heteroatoms. The number of benzene rings is 2. The SMILES string of the molecule is COCCOc1cc(NC(=O)C2CCCN(C(=O)Cc3ccc(F)cc3)C2)ccc1OC. The maximum Gasteiger partial charge on any atom is 0.229 e. The average molecular weight is 445 g/mol. The van der Waals surface area contributed by atoms with Gasteiger partial charge in [-0.25, -0.2) is 4.39 Å². The average Bonchev–Trinajstić information content (AvgIpc) is 2.81. The van der Waals surface area contributed by atoms with Crippen molar-refractivity contribution in [2.75, 3.05) is 45.8 Å². The monoisotopic (exact) mass is 444 g/mol. The molecule has 1 saturated heterocycles. The summed E-state index contributed by atoms with van der Waals surface area (Å²) in [7, 11) is 3.14. The van der Waals surface area contributed by atoms with E-state index in [4.69, 9.17) is 14.2 Å². The van der Waals surface area contributed by atoms with E-state index in [1.165, 1.54) is 12.1 Å². The van der Waals surface area contributed by atoms with Crippen LogP contribution >= 0.6 is 0 Å². The van der Waals surface area contributed by atoms with Gasteiger partial charge in [-0.2, -0.15) is 0 Å². The molecule has 1 atom stereocenters. The van der Waals surface area contributed by atoms with Gasteiger partial charge in [0.25, 0.3) is 0 Å². The number of piperidine rings is 1. The van der Waals surface area contributed by atoms with Gasteiger partial charge in [-0.05, 0) is 42.7 Å². The molecule has 1 fully saturated rings. The summed E-state index contributed by atoms with van der Waals surface area (Å²) in [6, 6.07) is 11.1. The molecule has 0 bridgehead atoms. The third-order valence-corrected chi connectivity index (χ3v) is 5.39. The van der Waals surface area contributed by atoms with Crippen molar-refractivity contribution >= 4 is 17.5 Å². The van der Waals surface area contributed by atoms with Crippen LogP contribution in [0.4, 0.5) is 10.1 Å². The zero-order valence-electron chi connectivity index (χ0n) is 18.4. The molecule has 0 aliphatic carbocycles. The summed E-state index contributed by atoms with van der Waals surface area (Å²) >= 11 is 0. The van der Waals surface area contributed by atoms with Crippen molar-refractivity contribution in [3.63, 3.8) is 0 Å². The third-order valence-electron chi connectivity index (χ3n) is 5.39. The normalized spacial score (nSPS) is 15.8. The Hall–Kier alpha value is -3.13. The fourth-order valence-corrected chi connectivity index (χ4v) is 3.65. The third kappa shape index (κ3) is 6.43. The molecule has 1 heterocycles. The van der Waals surface area contributed by atoms with E-state index in [0.29, 0.717) is 49.9 Å². The number of hydrogen-bond acceptors (Lipinski definition) is 5. The summed E-state index contributed by atoms with van der Waals surface area (Å²) in [5.41, 5.74) is 1.35. The molecule has 1 N–H and O–H groups in total. The second kappa shape index (κ2) is 11.5. The smallest absolute Gasteiger partial charge is 0.229 e. The fraction of sp³-hybridized carbons (Fsp3) is 0.417.